The number of carbonyl (C=O) groups excluding carboxylic acids is 1. The van der Waals surface area contributed by atoms with E-state index in [4.69, 9.17) is 4.74 Å². The van der Waals surface area contributed by atoms with Crippen molar-refractivity contribution >= 4 is 5.97 Å². The highest BCUT2D eigenvalue weighted by atomic mass is 16.6. The fourth-order valence-electron chi connectivity index (χ4n) is 1.39. The molecule has 0 saturated carbocycles. The summed E-state index contributed by atoms with van der Waals surface area (Å²) in [6.07, 6.45) is 1.46. The molecule has 2 nitrogen and oxygen atoms in total. The highest BCUT2D eigenvalue weighted by Crippen LogP contribution is 2.14. The number of hydrogen-bond donors (Lipinski definition) is 0. The zero-order chi connectivity index (χ0) is 12.9. The van der Waals surface area contributed by atoms with E-state index in [0.717, 1.165) is 6.42 Å². The van der Waals surface area contributed by atoms with E-state index in [0.29, 0.717) is 12.0 Å². The van der Waals surface area contributed by atoms with Crippen LogP contribution in [0.3, 0.4) is 0 Å². The number of benzene rings is 1. The van der Waals surface area contributed by atoms with Crippen LogP contribution in [0.25, 0.3) is 0 Å². The van der Waals surface area contributed by atoms with E-state index in [1.54, 1.807) is 0 Å². The van der Waals surface area contributed by atoms with Gasteiger partial charge in [-0.15, -0.1) is 0 Å². The van der Waals surface area contributed by atoms with Crippen molar-refractivity contribution in [2.45, 2.75) is 39.2 Å². The number of ether oxygens (including phenoxy) is 1. The first kappa shape index (κ1) is 13.5. The minimum atomic E-state index is -0.452. The standard InChI is InChI=1S/C15H20O2/c1-12(14(16)17-15(2,3)4)10-11-13-8-6-5-7-9-13/h5-9H,1,10-11H2,2-4H3. The normalized spacial score (nSPS) is 11.0. The molecule has 0 radical (unpaired) electrons. The second-order valence-electron chi connectivity index (χ2n) is 5.09. The largest absolute Gasteiger partial charge is 0.457 e. The first-order chi connectivity index (χ1) is 7.88. The first-order valence-electron chi connectivity index (χ1n) is 5.83. The lowest BCUT2D eigenvalue weighted by Crippen LogP contribution is -2.24. The van der Waals surface area contributed by atoms with Crippen molar-refractivity contribution < 1.29 is 9.53 Å². The molecule has 0 N–H and O–H groups in total. The Morgan fingerprint density at radius 3 is 2.35 bits per heavy atom. The van der Waals surface area contributed by atoms with E-state index in [1.807, 2.05) is 51.1 Å². The molecule has 92 valence electrons. The molecule has 0 heterocycles. The lowest BCUT2D eigenvalue weighted by Gasteiger charge is -2.20. The van der Waals surface area contributed by atoms with E-state index in [2.05, 4.69) is 6.58 Å². The van der Waals surface area contributed by atoms with E-state index >= 15 is 0 Å². The molecule has 1 rings (SSSR count). The van der Waals surface area contributed by atoms with Gasteiger partial charge < -0.3 is 4.74 Å². The zero-order valence-electron chi connectivity index (χ0n) is 10.8. The lowest BCUT2D eigenvalue weighted by atomic mass is 10.1. The van der Waals surface area contributed by atoms with Crippen LogP contribution < -0.4 is 0 Å². The monoisotopic (exact) mass is 232 g/mol. The van der Waals surface area contributed by atoms with Gasteiger partial charge in [0.15, 0.2) is 0 Å². The van der Waals surface area contributed by atoms with Crippen LogP contribution >= 0.6 is 0 Å². The highest BCUT2D eigenvalue weighted by Gasteiger charge is 2.18. The van der Waals surface area contributed by atoms with Crippen LogP contribution in [0.15, 0.2) is 42.5 Å². The number of aryl methyl sites for hydroxylation is 1. The van der Waals surface area contributed by atoms with E-state index < -0.39 is 5.60 Å². The molecular weight excluding hydrogens is 212 g/mol. The van der Waals surface area contributed by atoms with Gasteiger partial charge in [-0.05, 0) is 39.2 Å². The topological polar surface area (TPSA) is 26.3 Å². The molecule has 0 aliphatic carbocycles. The van der Waals surface area contributed by atoms with Crippen molar-refractivity contribution in [3.05, 3.63) is 48.0 Å². The molecule has 0 aromatic heterocycles. The van der Waals surface area contributed by atoms with Crippen LogP contribution in [-0.4, -0.2) is 11.6 Å². The molecule has 0 saturated heterocycles. The number of hydrogen-bond acceptors (Lipinski definition) is 2. The molecule has 2 heteroatoms. The molecule has 0 amide bonds. The van der Waals surface area contributed by atoms with Gasteiger partial charge in [0.25, 0.3) is 0 Å². The Morgan fingerprint density at radius 1 is 1.24 bits per heavy atom. The summed E-state index contributed by atoms with van der Waals surface area (Å²) >= 11 is 0. The summed E-state index contributed by atoms with van der Waals surface area (Å²) in [5.74, 6) is -0.298. The summed E-state index contributed by atoms with van der Waals surface area (Å²) in [6.45, 7) is 9.35. The quantitative estimate of drug-likeness (QED) is 0.586. The Balaban J connectivity index is 2.43. The van der Waals surface area contributed by atoms with Gasteiger partial charge in [-0.2, -0.15) is 0 Å². The Bertz CT molecular complexity index is 385. The van der Waals surface area contributed by atoms with Crippen molar-refractivity contribution in [3.63, 3.8) is 0 Å². The third-order valence-electron chi connectivity index (χ3n) is 2.25. The van der Waals surface area contributed by atoms with Crippen LogP contribution in [0.5, 0.6) is 0 Å². The maximum Gasteiger partial charge on any atom is 0.333 e. The average molecular weight is 232 g/mol. The Morgan fingerprint density at radius 2 is 1.82 bits per heavy atom. The van der Waals surface area contributed by atoms with Crippen LogP contribution in [-0.2, 0) is 16.0 Å². The van der Waals surface area contributed by atoms with Gasteiger partial charge in [-0.3, -0.25) is 0 Å². The molecule has 1 aromatic carbocycles. The van der Waals surface area contributed by atoms with Gasteiger partial charge in [-0.25, -0.2) is 4.79 Å². The van der Waals surface area contributed by atoms with Gasteiger partial charge in [0.1, 0.15) is 5.60 Å². The van der Waals surface area contributed by atoms with Crippen molar-refractivity contribution in [2.75, 3.05) is 0 Å². The van der Waals surface area contributed by atoms with Crippen molar-refractivity contribution in [1.82, 2.24) is 0 Å². The summed E-state index contributed by atoms with van der Waals surface area (Å²) in [5, 5.41) is 0. The zero-order valence-corrected chi connectivity index (χ0v) is 10.8. The molecule has 0 unspecified atom stereocenters. The molecule has 0 atom stereocenters. The minimum absolute atomic E-state index is 0.298. The Labute approximate surface area is 103 Å². The average Bonchev–Trinajstić information content (AvgIpc) is 2.25. The van der Waals surface area contributed by atoms with Crippen LogP contribution in [0, 0.1) is 0 Å². The maximum absolute atomic E-state index is 11.7. The first-order valence-corrected chi connectivity index (χ1v) is 5.83. The predicted molar refractivity (Wildman–Crippen MR) is 69.7 cm³/mol. The Kier molecular flexibility index (Phi) is 4.50. The van der Waals surface area contributed by atoms with E-state index in [-0.39, 0.29) is 5.97 Å². The van der Waals surface area contributed by atoms with Crippen molar-refractivity contribution in [3.8, 4) is 0 Å². The van der Waals surface area contributed by atoms with Crippen LogP contribution in [0.2, 0.25) is 0 Å². The molecular formula is C15H20O2. The van der Waals surface area contributed by atoms with Gasteiger partial charge in [0, 0.05) is 5.57 Å². The van der Waals surface area contributed by atoms with Gasteiger partial charge in [0.2, 0.25) is 0 Å². The third-order valence-corrected chi connectivity index (χ3v) is 2.25. The van der Waals surface area contributed by atoms with Crippen LogP contribution in [0.4, 0.5) is 0 Å². The number of carbonyl (C=O) groups is 1. The predicted octanol–water partition coefficient (Wildman–Crippen LogP) is 3.52. The molecule has 1 aromatic rings. The summed E-state index contributed by atoms with van der Waals surface area (Å²) in [5.41, 5.74) is 1.29. The van der Waals surface area contributed by atoms with Crippen molar-refractivity contribution in [1.29, 1.82) is 0 Å². The molecule has 0 bridgehead atoms. The number of rotatable bonds is 4. The van der Waals surface area contributed by atoms with Crippen molar-refractivity contribution in [2.24, 2.45) is 0 Å². The van der Waals surface area contributed by atoms with Gasteiger partial charge in [0.05, 0.1) is 0 Å². The maximum atomic E-state index is 11.7. The second kappa shape index (κ2) is 5.67. The highest BCUT2D eigenvalue weighted by molar-refractivity contribution is 5.88. The third kappa shape index (κ3) is 5.34. The van der Waals surface area contributed by atoms with Gasteiger partial charge >= 0.3 is 5.97 Å². The fraction of sp³-hybridized carbons (Fsp3) is 0.400. The number of esters is 1. The second-order valence-corrected chi connectivity index (χ2v) is 5.09. The lowest BCUT2D eigenvalue weighted by molar-refractivity contribution is -0.150. The van der Waals surface area contributed by atoms with E-state index in [1.165, 1.54) is 5.56 Å². The molecule has 0 aliphatic rings. The fourth-order valence-corrected chi connectivity index (χ4v) is 1.39. The summed E-state index contributed by atoms with van der Waals surface area (Å²) < 4.78 is 5.25. The smallest absolute Gasteiger partial charge is 0.333 e. The van der Waals surface area contributed by atoms with Gasteiger partial charge in [-0.1, -0.05) is 36.9 Å². The molecule has 17 heavy (non-hydrogen) atoms. The molecule has 0 fully saturated rings. The summed E-state index contributed by atoms with van der Waals surface area (Å²) in [4.78, 5) is 11.7. The minimum Gasteiger partial charge on any atom is -0.457 e. The SMILES string of the molecule is C=C(CCc1ccccc1)C(=O)OC(C)(C)C. The molecule has 0 spiro atoms. The van der Waals surface area contributed by atoms with E-state index in [9.17, 15) is 4.79 Å². The Hall–Kier alpha value is -1.57. The molecule has 0 aliphatic heterocycles. The van der Waals surface area contributed by atoms with Crippen LogP contribution in [0.1, 0.15) is 32.8 Å². The summed E-state index contributed by atoms with van der Waals surface area (Å²) in [7, 11) is 0. The summed E-state index contributed by atoms with van der Waals surface area (Å²) in [6, 6.07) is 10.0.